The van der Waals surface area contributed by atoms with E-state index in [0.717, 1.165) is 0 Å². The van der Waals surface area contributed by atoms with Crippen LogP contribution in [0.4, 0.5) is 0 Å². The lowest BCUT2D eigenvalue weighted by Gasteiger charge is -1.99. The number of hydrogen-bond donors (Lipinski definition) is 2. The topological polar surface area (TPSA) is 117 Å². The first-order valence-electron chi connectivity index (χ1n) is 5.86. The minimum atomic E-state index is -1.04. The van der Waals surface area contributed by atoms with E-state index in [1.807, 2.05) is 0 Å². The summed E-state index contributed by atoms with van der Waals surface area (Å²) in [5.41, 5.74) is 5.51. The van der Waals surface area contributed by atoms with Gasteiger partial charge >= 0.3 is 5.97 Å². The molecule has 104 valence electrons. The van der Waals surface area contributed by atoms with Crippen molar-refractivity contribution in [2.45, 2.75) is 0 Å². The van der Waals surface area contributed by atoms with Gasteiger partial charge in [-0.1, -0.05) is 12.1 Å². The number of nitrogens with two attached hydrogens (primary N) is 1. The molecule has 3 N–H and O–H groups in total. The lowest BCUT2D eigenvalue weighted by Crippen LogP contribution is -2.12. The predicted molar refractivity (Wildman–Crippen MR) is 73.9 cm³/mol. The number of rotatable bonds is 4. The van der Waals surface area contributed by atoms with Crippen LogP contribution in [-0.4, -0.2) is 17.0 Å². The summed E-state index contributed by atoms with van der Waals surface area (Å²) < 4.78 is 5.46. The number of benzene rings is 1. The van der Waals surface area contributed by atoms with E-state index in [4.69, 9.17) is 20.5 Å². The van der Waals surface area contributed by atoms with E-state index in [0.29, 0.717) is 11.3 Å². The third-order valence-corrected chi connectivity index (χ3v) is 2.69. The van der Waals surface area contributed by atoms with Crippen LogP contribution in [0.1, 0.15) is 16.1 Å². The number of furan rings is 1. The molecule has 1 amide bonds. The van der Waals surface area contributed by atoms with Crippen LogP contribution in [0, 0.1) is 11.3 Å². The molecule has 0 bridgehead atoms. The number of carboxylic acid groups (broad SMARTS) is 1. The van der Waals surface area contributed by atoms with Crippen molar-refractivity contribution in [3.05, 3.63) is 53.3 Å². The van der Waals surface area contributed by atoms with Crippen molar-refractivity contribution in [3.63, 3.8) is 0 Å². The van der Waals surface area contributed by atoms with Crippen LogP contribution in [0.2, 0.25) is 0 Å². The Bertz CT molecular complexity index is 781. The molecule has 0 atom stereocenters. The van der Waals surface area contributed by atoms with E-state index >= 15 is 0 Å². The highest BCUT2D eigenvalue weighted by Crippen LogP contribution is 2.24. The van der Waals surface area contributed by atoms with Crippen LogP contribution in [0.25, 0.3) is 17.4 Å². The molecule has 6 heteroatoms. The van der Waals surface area contributed by atoms with E-state index in [1.165, 1.54) is 18.2 Å². The maximum atomic E-state index is 11.0. The quantitative estimate of drug-likeness (QED) is 0.657. The van der Waals surface area contributed by atoms with Gasteiger partial charge in [-0.3, -0.25) is 4.79 Å². The highest BCUT2D eigenvalue weighted by atomic mass is 16.4. The van der Waals surface area contributed by atoms with E-state index in [1.54, 1.807) is 30.3 Å². The first kappa shape index (κ1) is 14.1. The molecule has 0 saturated heterocycles. The molecule has 6 nitrogen and oxygen atoms in total. The van der Waals surface area contributed by atoms with E-state index in [-0.39, 0.29) is 16.9 Å². The van der Waals surface area contributed by atoms with Crippen molar-refractivity contribution in [2.75, 3.05) is 0 Å². The summed E-state index contributed by atoms with van der Waals surface area (Å²) in [6.45, 7) is 0. The Morgan fingerprint density at radius 2 is 2.05 bits per heavy atom. The van der Waals surface area contributed by atoms with Crippen LogP contribution in [-0.2, 0) is 4.79 Å². The van der Waals surface area contributed by atoms with Gasteiger partial charge in [0, 0.05) is 11.6 Å². The average Bonchev–Trinajstić information content (AvgIpc) is 2.93. The molecule has 0 aliphatic heterocycles. The van der Waals surface area contributed by atoms with Gasteiger partial charge in [0.15, 0.2) is 0 Å². The first-order chi connectivity index (χ1) is 10.0. The maximum absolute atomic E-state index is 11.0. The molecule has 0 fully saturated rings. The number of nitriles is 1. The summed E-state index contributed by atoms with van der Waals surface area (Å²) in [7, 11) is 0. The Labute approximate surface area is 119 Å². The Kier molecular flexibility index (Phi) is 3.86. The summed E-state index contributed by atoms with van der Waals surface area (Å²) in [5, 5.41) is 17.7. The number of amides is 1. The number of hydrogen-bond acceptors (Lipinski definition) is 4. The average molecular weight is 282 g/mol. The molecule has 0 radical (unpaired) electrons. The van der Waals surface area contributed by atoms with Gasteiger partial charge < -0.3 is 15.3 Å². The zero-order chi connectivity index (χ0) is 15.4. The fourth-order valence-electron chi connectivity index (χ4n) is 1.69. The van der Waals surface area contributed by atoms with Crippen LogP contribution in [0.3, 0.4) is 0 Å². The number of carbonyl (C=O) groups excluding carboxylic acids is 1. The Hall–Kier alpha value is -3.33. The number of aromatic carboxylic acids is 1. The summed E-state index contributed by atoms with van der Waals surface area (Å²) in [4.78, 5) is 21.9. The first-order valence-corrected chi connectivity index (χ1v) is 5.86. The highest BCUT2D eigenvalue weighted by Gasteiger charge is 2.09. The SMILES string of the molecule is N#C/C(=C/c1ccc(-c2cccc(C(=O)O)c2)o1)C(N)=O. The number of nitrogens with zero attached hydrogens (tertiary/aromatic N) is 1. The van der Waals surface area contributed by atoms with Crippen LogP contribution >= 0.6 is 0 Å². The minimum absolute atomic E-state index is 0.135. The van der Waals surface area contributed by atoms with Gasteiger partial charge in [-0.2, -0.15) is 5.26 Å². The largest absolute Gasteiger partial charge is 0.478 e. The Morgan fingerprint density at radius 3 is 2.67 bits per heavy atom. The second-order valence-corrected chi connectivity index (χ2v) is 4.12. The molecule has 0 spiro atoms. The van der Waals surface area contributed by atoms with Gasteiger partial charge in [0.25, 0.3) is 5.91 Å². The zero-order valence-electron chi connectivity index (χ0n) is 10.7. The van der Waals surface area contributed by atoms with E-state index < -0.39 is 11.9 Å². The van der Waals surface area contributed by atoms with Crippen molar-refractivity contribution in [1.82, 2.24) is 0 Å². The summed E-state index contributed by atoms with van der Waals surface area (Å²) in [5.74, 6) is -1.18. The van der Waals surface area contributed by atoms with E-state index in [2.05, 4.69) is 0 Å². The zero-order valence-corrected chi connectivity index (χ0v) is 10.7. The molecule has 1 aromatic heterocycles. The smallest absolute Gasteiger partial charge is 0.335 e. The van der Waals surface area contributed by atoms with Crippen molar-refractivity contribution >= 4 is 18.0 Å². The number of carboxylic acids is 1. The standard InChI is InChI=1S/C15H10N2O4/c16-8-11(14(17)18)7-12-4-5-13(21-12)9-2-1-3-10(6-9)15(19)20/h1-7H,(H2,17,18)(H,19,20)/b11-7-. The number of primary amides is 1. The van der Waals surface area contributed by atoms with Crippen LogP contribution < -0.4 is 5.73 Å². The Morgan fingerprint density at radius 1 is 1.29 bits per heavy atom. The van der Waals surface area contributed by atoms with Gasteiger partial charge in [-0.25, -0.2) is 4.79 Å². The molecule has 0 unspecified atom stereocenters. The van der Waals surface area contributed by atoms with Crippen LogP contribution in [0.5, 0.6) is 0 Å². The molecule has 1 heterocycles. The van der Waals surface area contributed by atoms with Crippen molar-refractivity contribution in [1.29, 1.82) is 5.26 Å². The highest BCUT2D eigenvalue weighted by molar-refractivity contribution is 6.00. The van der Waals surface area contributed by atoms with Crippen molar-refractivity contribution in [3.8, 4) is 17.4 Å². The molecule has 1 aromatic carbocycles. The molecular weight excluding hydrogens is 272 g/mol. The Balaban J connectivity index is 2.37. The van der Waals surface area contributed by atoms with Crippen molar-refractivity contribution in [2.24, 2.45) is 5.73 Å². The predicted octanol–water partition coefficient (Wildman–Crippen LogP) is 2.04. The van der Waals surface area contributed by atoms with Gasteiger partial charge in [-0.15, -0.1) is 0 Å². The molecule has 0 aliphatic carbocycles. The van der Waals surface area contributed by atoms with Gasteiger partial charge in [0.1, 0.15) is 23.2 Å². The molecular formula is C15H10N2O4. The van der Waals surface area contributed by atoms with Gasteiger partial charge in [-0.05, 0) is 24.3 Å². The van der Waals surface area contributed by atoms with Crippen molar-refractivity contribution < 1.29 is 19.1 Å². The minimum Gasteiger partial charge on any atom is -0.478 e. The van der Waals surface area contributed by atoms with Crippen LogP contribution in [0.15, 0.2) is 46.4 Å². The maximum Gasteiger partial charge on any atom is 0.335 e. The summed E-state index contributed by atoms with van der Waals surface area (Å²) in [6, 6.07) is 11.1. The normalized spacial score (nSPS) is 10.9. The monoisotopic (exact) mass is 282 g/mol. The second kappa shape index (κ2) is 5.75. The molecule has 0 aliphatic rings. The summed E-state index contributed by atoms with van der Waals surface area (Å²) >= 11 is 0. The second-order valence-electron chi connectivity index (χ2n) is 4.12. The fraction of sp³-hybridized carbons (Fsp3) is 0. The fourth-order valence-corrected chi connectivity index (χ4v) is 1.69. The molecule has 2 rings (SSSR count). The molecule has 21 heavy (non-hydrogen) atoms. The van der Waals surface area contributed by atoms with Gasteiger partial charge in [0.05, 0.1) is 5.56 Å². The van der Waals surface area contributed by atoms with Gasteiger partial charge in [0.2, 0.25) is 0 Å². The third-order valence-electron chi connectivity index (χ3n) is 2.69. The lowest BCUT2D eigenvalue weighted by molar-refractivity contribution is -0.114. The number of carbonyl (C=O) groups is 2. The summed E-state index contributed by atoms with van der Waals surface area (Å²) in [6.07, 6.45) is 1.23. The van der Waals surface area contributed by atoms with E-state index in [9.17, 15) is 9.59 Å². The molecule has 2 aromatic rings. The molecule has 0 saturated carbocycles. The lowest BCUT2D eigenvalue weighted by atomic mass is 10.1. The third kappa shape index (κ3) is 3.16.